The van der Waals surface area contributed by atoms with Gasteiger partial charge >= 0.3 is 0 Å². The van der Waals surface area contributed by atoms with E-state index in [9.17, 15) is 8.42 Å². The predicted octanol–water partition coefficient (Wildman–Crippen LogP) is 2.68. The minimum Gasteiger partial charge on any atom is -0.454 e. The number of sulfonamides is 1. The van der Waals surface area contributed by atoms with Crippen molar-refractivity contribution in [2.45, 2.75) is 25.7 Å². The van der Waals surface area contributed by atoms with Crippen LogP contribution in [0.1, 0.15) is 26.3 Å². The summed E-state index contributed by atoms with van der Waals surface area (Å²) in [5.41, 5.74) is 4.46. The number of hydrogen-bond acceptors (Lipinski definition) is 7. The Morgan fingerprint density at radius 2 is 1.93 bits per heavy atom. The lowest BCUT2D eigenvalue weighted by Crippen LogP contribution is -2.30. The lowest BCUT2D eigenvalue weighted by Gasteiger charge is -2.18. The van der Waals surface area contributed by atoms with Crippen molar-refractivity contribution in [1.82, 2.24) is 9.29 Å². The summed E-state index contributed by atoms with van der Waals surface area (Å²) in [6, 6.07) is 8.69. The van der Waals surface area contributed by atoms with E-state index >= 15 is 0 Å². The van der Waals surface area contributed by atoms with Crippen LogP contribution in [-0.4, -0.2) is 43.3 Å². The van der Waals surface area contributed by atoms with Gasteiger partial charge in [0.05, 0.1) is 5.71 Å². The molecule has 27 heavy (non-hydrogen) atoms. The Balaban J connectivity index is 1.72. The minimum atomic E-state index is -3.52. The van der Waals surface area contributed by atoms with E-state index in [4.69, 9.17) is 9.47 Å². The van der Waals surface area contributed by atoms with Crippen molar-refractivity contribution in [3.05, 3.63) is 42.1 Å². The van der Waals surface area contributed by atoms with Gasteiger partial charge in [-0.3, -0.25) is 5.43 Å². The van der Waals surface area contributed by atoms with Crippen molar-refractivity contribution in [3.8, 4) is 11.5 Å². The van der Waals surface area contributed by atoms with Crippen LogP contribution in [0.3, 0.4) is 0 Å². The molecule has 2 aromatic rings. The number of rotatable bonds is 7. The fourth-order valence-electron chi connectivity index (χ4n) is 2.64. The van der Waals surface area contributed by atoms with Gasteiger partial charge in [-0.2, -0.15) is 9.41 Å². The highest BCUT2D eigenvalue weighted by Gasteiger charge is 2.21. The number of hydrogen-bond donors (Lipinski definition) is 1. The molecule has 1 aliphatic heterocycles. The number of pyridine rings is 1. The largest absolute Gasteiger partial charge is 0.454 e. The monoisotopic (exact) mass is 390 g/mol. The Morgan fingerprint density at radius 1 is 1.19 bits per heavy atom. The zero-order valence-electron chi connectivity index (χ0n) is 15.5. The molecule has 1 aromatic heterocycles. The summed E-state index contributed by atoms with van der Waals surface area (Å²) in [6.45, 7) is 6.51. The third-order valence-corrected chi connectivity index (χ3v) is 6.24. The van der Waals surface area contributed by atoms with Gasteiger partial charge < -0.3 is 9.47 Å². The van der Waals surface area contributed by atoms with Gasteiger partial charge in [0.25, 0.3) is 0 Å². The quantitative estimate of drug-likeness (QED) is 0.577. The molecule has 1 aliphatic rings. The maximum Gasteiger partial charge on any atom is 0.244 e. The zero-order chi connectivity index (χ0) is 19.4. The SMILES string of the molecule is CCN(CC)S(=O)(=O)c1ccc(N/N=C(/C)c2ccc3c(c2)OCO3)nc1. The van der Waals surface area contributed by atoms with Gasteiger partial charge in [-0.15, -0.1) is 0 Å². The highest BCUT2D eigenvalue weighted by atomic mass is 32.2. The van der Waals surface area contributed by atoms with E-state index in [1.807, 2.05) is 25.1 Å². The van der Waals surface area contributed by atoms with Gasteiger partial charge in [-0.05, 0) is 37.3 Å². The number of benzene rings is 1. The summed E-state index contributed by atoms with van der Waals surface area (Å²) in [5.74, 6) is 1.85. The van der Waals surface area contributed by atoms with Crippen LogP contribution in [0.5, 0.6) is 11.5 Å². The topological polar surface area (TPSA) is 93.1 Å². The summed E-state index contributed by atoms with van der Waals surface area (Å²) < 4.78 is 37.0. The van der Waals surface area contributed by atoms with E-state index < -0.39 is 10.0 Å². The fourth-order valence-corrected chi connectivity index (χ4v) is 4.04. The second-order valence-corrected chi connectivity index (χ2v) is 7.78. The van der Waals surface area contributed by atoms with Gasteiger partial charge in [-0.25, -0.2) is 13.4 Å². The Labute approximate surface area is 158 Å². The van der Waals surface area contributed by atoms with E-state index in [2.05, 4.69) is 15.5 Å². The van der Waals surface area contributed by atoms with Crippen LogP contribution in [0, 0.1) is 0 Å². The van der Waals surface area contributed by atoms with Crippen LogP contribution in [0.4, 0.5) is 5.82 Å². The molecule has 1 N–H and O–H groups in total. The molecule has 0 aliphatic carbocycles. The number of nitrogens with zero attached hydrogens (tertiary/aromatic N) is 3. The molecule has 0 saturated heterocycles. The maximum absolute atomic E-state index is 12.5. The first kappa shape index (κ1) is 19.1. The third-order valence-electron chi connectivity index (χ3n) is 4.21. The smallest absolute Gasteiger partial charge is 0.244 e. The lowest BCUT2D eigenvalue weighted by atomic mass is 10.1. The Kier molecular flexibility index (Phi) is 5.62. The molecular formula is C18H22N4O4S. The summed E-state index contributed by atoms with van der Waals surface area (Å²) in [6.07, 6.45) is 1.33. The van der Waals surface area contributed by atoms with Crippen molar-refractivity contribution >= 4 is 21.6 Å². The van der Waals surface area contributed by atoms with Crippen molar-refractivity contribution in [3.63, 3.8) is 0 Å². The molecule has 0 radical (unpaired) electrons. The average Bonchev–Trinajstić information content (AvgIpc) is 3.15. The zero-order valence-corrected chi connectivity index (χ0v) is 16.3. The molecule has 9 heteroatoms. The molecule has 0 bridgehead atoms. The molecular weight excluding hydrogens is 368 g/mol. The van der Waals surface area contributed by atoms with Gasteiger partial charge in [0.15, 0.2) is 11.5 Å². The summed E-state index contributed by atoms with van der Waals surface area (Å²) in [7, 11) is -3.52. The molecule has 0 unspecified atom stereocenters. The summed E-state index contributed by atoms with van der Waals surface area (Å²) >= 11 is 0. The Morgan fingerprint density at radius 3 is 2.59 bits per heavy atom. The average molecular weight is 390 g/mol. The van der Waals surface area contributed by atoms with Gasteiger partial charge in [0.2, 0.25) is 16.8 Å². The van der Waals surface area contributed by atoms with Gasteiger partial charge in [0.1, 0.15) is 10.7 Å². The summed E-state index contributed by atoms with van der Waals surface area (Å²) in [5, 5.41) is 4.30. The van der Waals surface area contributed by atoms with E-state index in [1.165, 1.54) is 16.6 Å². The first-order valence-electron chi connectivity index (χ1n) is 8.62. The number of aromatic nitrogens is 1. The van der Waals surface area contributed by atoms with Crippen LogP contribution in [0.15, 0.2) is 46.5 Å². The number of ether oxygens (including phenoxy) is 2. The molecule has 8 nitrogen and oxygen atoms in total. The lowest BCUT2D eigenvalue weighted by molar-refractivity contribution is 0.174. The third kappa shape index (κ3) is 4.04. The molecule has 3 rings (SSSR count). The number of nitrogens with one attached hydrogen (secondary N) is 1. The van der Waals surface area contributed by atoms with Crippen LogP contribution in [0.2, 0.25) is 0 Å². The molecule has 144 valence electrons. The number of hydrazone groups is 1. The highest BCUT2D eigenvalue weighted by Crippen LogP contribution is 2.32. The first-order valence-corrected chi connectivity index (χ1v) is 10.1. The van der Waals surface area contributed by atoms with Crippen LogP contribution < -0.4 is 14.9 Å². The van der Waals surface area contributed by atoms with E-state index in [1.54, 1.807) is 19.9 Å². The number of anilines is 1. The molecule has 0 amide bonds. The Bertz CT molecular complexity index is 938. The van der Waals surface area contributed by atoms with Crippen LogP contribution >= 0.6 is 0 Å². The van der Waals surface area contributed by atoms with Crippen molar-refractivity contribution in [2.24, 2.45) is 5.10 Å². The highest BCUT2D eigenvalue weighted by molar-refractivity contribution is 7.89. The minimum absolute atomic E-state index is 0.160. The number of fused-ring (bicyclic) bond motifs is 1. The molecule has 2 heterocycles. The van der Waals surface area contributed by atoms with E-state index in [0.29, 0.717) is 30.4 Å². The standard InChI is InChI=1S/C18H22N4O4S/c1-4-22(5-2)27(23,24)15-7-9-18(19-11-15)21-20-13(3)14-6-8-16-17(10-14)26-12-25-16/h6-11H,4-5,12H2,1-3H3,(H,19,21)/b20-13-. The van der Waals surface area contributed by atoms with E-state index in [-0.39, 0.29) is 11.7 Å². The second-order valence-electron chi connectivity index (χ2n) is 5.85. The van der Waals surface area contributed by atoms with Crippen molar-refractivity contribution in [1.29, 1.82) is 0 Å². The van der Waals surface area contributed by atoms with Crippen LogP contribution in [-0.2, 0) is 10.0 Å². The molecule has 0 atom stereocenters. The molecule has 0 fully saturated rings. The second kappa shape index (κ2) is 7.93. The molecule has 1 aromatic carbocycles. The van der Waals surface area contributed by atoms with Gasteiger partial charge in [0, 0.05) is 24.8 Å². The predicted molar refractivity (Wildman–Crippen MR) is 103 cm³/mol. The van der Waals surface area contributed by atoms with Gasteiger partial charge in [-0.1, -0.05) is 13.8 Å². The molecule has 0 saturated carbocycles. The van der Waals surface area contributed by atoms with E-state index in [0.717, 1.165) is 11.3 Å². The summed E-state index contributed by atoms with van der Waals surface area (Å²) in [4.78, 5) is 4.31. The fraction of sp³-hybridized carbons (Fsp3) is 0.333. The maximum atomic E-state index is 12.5. The van der Waals surface area contributed by atoms with Crippen LogP contribution in [0.25, 0.3) is 0 Å². The Hall–Kier alpha value is -2.65. The first-order chi connectivity index (χ1) is 13.0. The van der Waals surface area contributed by atoms with Crippen molar-refractivity contribution < 1.29 is 17.9 Å². The normalized spacial score (nSPS) is 13.9. The molecule has 0 spiro atoms. The van der Waals surface area contributed by atoms with Crippen molar-refractivity contribution in [2.75, 3.05) is 25.3 Å².